The zero-order valence-electron chi connectivity index (χ0n) is 17.2. The molecule has 7 heteroatoms. The second-order valence-electron chi connectivity index (χ2n) is 6.28. The van der Waals surface area contributed by atoms with Gasteiger partial charge in [0.05, 0.1) is 0 Å². The lowest BCUT2D eigenvalue weighted by molar-refractivity contribution is -0.121. The number of benzene rings is 2. The number of nitrogens with zero attached hydrogens (tertiary/aromatic N) is 2. The molecule has 0 saturated heterocycles. The van der Waals surface area contributed by atoms with E-state index in [1.807, 2.05) is 72.8 Å². The molecule has 6 nitrogen and oxygen atoms in total. The van der Waals surface area contributed by atoms with Crippen LogP contribution in [-0.2, 0) is 9.59 Å². The molecule has 0 spiro atoms. The molecular weight excluding hydrogens is 408 g/mol. The smallest absolute Gasteiger partial charge is 0.240 e. The average molecular weight is 435 g/mol. The summed E-state index contributed by atoms with van der Waals surface area (Å²) >= 11 is 1.54. The summed E-state index contributed by atoms with van der Waals surface area (Å²) in [4.78, 5) is 23.4. The highest BCUT2D eigenvalue weighted by Crippen LogP contribution is 2.04. The van der Waals surface area contributed by atoms with Crippen LogP contribution in [0.4, 0.5) is 0 Å². The maximum absolute atomic E-state index is 11.7. The van der Waals surface area contributed by atoms with Gasteiger partial charge in [-0.25, -0.2) is 10.9 Å². The van der Waals surface area contributed by atoms with E-state index < -0.39 is 0 Å². The van der Waals surface area contributed by atoms with Gasteiger partial charge in [-0.1, -0.05) is 72.8 Å². The van der Waals surface area contributed by atoms with Crippen LogP contribution in [0.15, 0.2) is 83.0 Å². The van der Waals surface area contributed by atoms with Crippen molar-refractivity contribution in [1.82, 2.24) is 10.9 Å². The lowest BCUT2D eigenvalue weighted by Gasteiger charge is -2.01. The molecule has 2 rings (SSSR count). The number of hydrogen-bond donors (Lipinski definition) is 2. The lowest BCUT2D eigenvalue weighted by atomic mass is 10.2. The van der Waals surface area contributed by atoms with E-state index in [4.69, 9.17) is 0 Å². The normalized spacial score (nSPS) is 11.6. The van der Waals surface area contributed by atoms with Gasteiger partial charge >= 0.3 is 0 Å². The molecule has 2 amide bonds. The highest BCUT2D eigenvalue weighted by molar-refractivity contribution is 7.99. The average Bonchev–Trinajstić information content (AvgIpc) is 2.80. The molecule has 0 unspecified atom stereocenters. The van der Waals surface area contributed by atoms with Gasteiger partial charge in [0.25, 0.3) is 0 Å². The minimum absolute atomic E-state index is 0.156. The second-order valence-corrected chi connectivity index (χ2v) is 7.50. The molecule has 0 aliphatic rings. The number of thioether (sulfide) groups is 1. The Kier molecular flexibility index (Phi) is 11.8. The summed E-state index contributed by atoms with van der Waals surface area (Å²) in [5, 5.41) is 7.75. The second kappa shape index (κ2) is 15.4. The molecule has 0 fully saturated rings. The molecule has 0 heterocycles. The predicted molar refractivity (Wildman–Crippen MR) is 131 cm³/mol. The molecular formula is C24H26N4O2S. The largest absolute Gasteiger partial charge is 0.273 e. The molecule has 160 valence electrons. The third-order valence-electron chi connectivity index (χ3n) is 3.82. The summed E-state index contributed by atoms with van der Waals surface area (Å²) in [6.45, 7) is 0. The van der Waals surface area contributed by atoms with E-state index in [0.29, 0.717) is 24.3 Å². The summed E-state index contributed by atoms with van der Waals surface area (Å²) in [7, 11) is 0. The molecule has 0 aliphatic heterocycles. The third-order valence-corrected chi connectivity index (χ3v) is 4.81. The first kappa shape index (κ1) is 23.8. The number of nitrogens with one attached hydrogen (secondary N) is 2. The zero-order chi connectivity index (χ0) is 22.0. The Labute approximate surface area is 187 Å². The van der Waals surface area contributed by atoms with Crippen molar-refractivity contribution in [2.24, 2.45) is 10.2 Å². The summed E-state index contributed by atoms with van der Waals surface area (Å²) in [5.41, 5.74) is 7.09. The Morgan fingerprint density at radius 1 is 0.710 bits per heavy atom. The standard InChI is InChI=1S/C24H26N4O2S/c29-23(27-25-17-7-13-21-9-3-1-4-10-21)15-19-31-20-16-24(30)28-26-18-8-14-22-11-5-2-6-12-22/h1-14,17-18H,15-16,19-20H2,(H,27,29)(H,28,30)/b13-7-,14-8-,25-17+,26-18+. The van der Waals surface area contributed by atoms with Gasteiger partial charge in [0.15, 0.2) is 0 Å². The molecule has 0 aromatic heterocycles. The topological polar surface area (TPSA) is 82.9 Å². The van der Waals surface area contributed by atoms with Gasteiger partial charge in [-0.2, -0.15) is 22.0 Å². The fourth-order valence-electron chi connectivity index (χ4n) is 2.28. The van der Waals surface area contributed by atoms with E-state index in [2.05, 4.69) is 21.1 Å². The van der Waals surface area contributed by atoms with Crippen molar-refractivity contribution in [1.29, 1.82) is 0 Å². The third kappa shape index (κ3) is 12.0. The van der Waals surface area contributed by atoms with Crippen LogP contribution < -0.4 is 10.9 Å². The molecule has 0 aliphatic carbocycles. The minimum Gasteiger partial charge on any atom is -0.273 e. The number of rotatable bonds is 12. The number of carbonyl (C=O) groups is 2. The van der Waals surface area contributed by atoms with E-state index >= 15 is 0 Å². The van der Waals surface area contributed by atoms with Gasteiger partial charge in [-0.15, -0.1) is 0 Å². The Bertz CT molecular complexity index is 834. The Hall–Kier alpha value is -3.45. The number of allylic oxidation sites excluding steroid dienone is 2. The summed E-state index contributed by atoms with van der Waals surface area (Å²) in [6, 6.07) is 19.7. The molecule has 31 heavy (non-hydrogen) atoms. The highest BCUT2D eigenvalue weighted by Gasteiger charge is 2.02. The summed E-state index contributed by atoms with van der Waals surface area (Å²) in [5.74, 6) is 0.932. The fraction of sp³-hybridized carbons (Fsp3) is 0.167. The highest BCUT2D eigenvalue weighted by atomic mass is 32.2. The van der Waals surface area contributed by atoms with E-state index in [-0.39, 0.29) is 11.8 Å². The molecule has 2 N–H and O–H groups in total. The maximum Gasteiger partial charge on any atom is 0.240 e. The number of hydrogen-bond acceptors (Lipinski definition) is 5. The van der Waals surface area contributed by atoms with Crippen molar-refractivity contribution in [3.05, 3.63) is 83.9 Å². The first-order chi connectivity index (χ1) is 15.2. The minimum atomic E-state index is -0.156. The molecule has 2 aromatic rings. The van der Waals surface area contributed by atoms with Crippen molar-refractivity contribution in [2.45, 2.75) is 12.8 Å². The van der Waals surface area contributed by atoms with Crippen LogP contribution in [-0.4, -0.2) is 35.7 Å². The SMILES string of the molecule is O=C(CCSCCC(=O)N/N=C/C=C\c1ccccc1)N/N=C/C=C\c1ccccc1. The van der Waals surface area contributed by atoms with Crippen LogP contribution in [0.3, 0.4) is 0 Å². The van der Waals surface area contributed by atoms with Crippen molar-refractivity contribution < 1.29 is 9.59 Å². The van der Waals surface area contributed by atoms with Crippen molar-refractivity contribution in [2.75, 3.05) is 11.5 Å². The summed E-state index contributed by atoms with van der Waals surface area (Å²) in [6.07, 6.45) is 11.1. The fourth-order valence-corrected chi connectivity index (χ4v) is 3.15. The number of amides is 2. The van der Waals surface area contributed by atoms with Crippen LogP contribution in [0.1, 0.15) is 24.0 Å². The van der Waals surface area contributed by atoms with Crippen LogP contribution in [0.2, 0.25) is 0 Å². The quantitative estimate of drug-likeness (QED) is 0.299. The van der Waals surface area contributed by atoms with E-state index in [9.17, 15) is 9.59 Å². The van der Waals surface area contributed by atoms with Gasteiger partial charge in [-0.3, -0.25) is 9.59 Å². The van der Waals surface area contributed by atoms with Gasteiger partial charge in [0.1, 0.15) is 0 Å². The molecule has 2 aromatic carbocycles. The van der Waals surface area contributed by atoms with Gasteiger partial charge in [0.2, 0.25) is 11.8 Å². The molecule has 0 saturated carbocycles. The van der Waals surface area contributed by atoms with Gasteiger partial charge < -0.3 is 0 Å². The number of carbonyl (C=O) groups excluding carboxylic acids is 2. The van der Waals surface area contributed by atoms with E-state index in [0.717, 1.165) is 11.1 Å². The van der Waals surface area contributed by atoms with Crippen LogP contribution in [0.5, 0.6) is 0 Å². The first-order valence-corrected chi connectivity index (χ1v) is 11.0. The predicted octanol–water partition coefficient (Wildman–Crippen LogP) is 4.13. The monoisotopic (exact) mass is 434 g/mol. The van der Waals surface area contributed by atoms with E-state index in [1.54, 1.807) is 12.2 Å². The molecule has 0 atom stereocenters. The number of hydrazone groups is 2. The van der Waals surface area contributed by atoms with E-state index in [1.165, 1.54) is 24.2 Å². The van der Waals surface area contributed by atoms with Crippen molar-refractivity contribution in [3.8, 4) is 0 Å². The van der Waals surface area contributed by atoms with Crippen molar-refractivity contribution in [3.63, 3.8) is 0 Å². The maximum atomic E-state index is 11.7. The van der Waals surface area contributed by atoms with Gasteiger partial charge in [-0.05, 0) is 23.3 Å². The van der Waals surface area contributed by atoms with Crippen LogP contribution >= 0.6 is 11.8 Å². The van der Waals surface area contributed by atoms with Crippen LogP contribution in [0, 0.1) is 0 Å². The molecule has 0 bridgehead atoms. The first-order valence-electron chi connectivity index (χ1n) is 9.89. The Morgan fingerprint density at radius 2 is 1.13 bits per heavy atom. The van der Waals surface area contributed by atoms with Crippen LogP contribution in [0.25, 0.3) is 12.2 Å². The van der Waals surface area contributed by atoms with Crippen molar-refractivity contribution >= 4 is 48.2 Å². The molecule has 0 radical (unpaired) electrons. The Balaban J connectivity index is 1.48. The van der Waals surface area contributed by atoms with Gasteiger partial charge in [0, 0.05) is 36.8 Å². The Morgan fingerprint density at radius 3 is 1.55 bits per heavy atom. The lowest BCUT2D eigenvalue weighted by Crippen LogP contribution is -2.19. The zero-order valence-corrected chi connectivity index (χ0v) is 18.0. The summed E-state index contributed by atoms with van der Waals surface area (Å²) < 4.78 is 0.